The second kappa shape index (κ2) is 16.4. The van der Waals surface area contributed by atoms with E-state index in [-0.39, 0.29) is 17.7 Å². The highest BCUT2D eigenvalue weighted by Gasteiger charge is 2.19. The number of rotatable bonds is 16. The summed E-state index contributed by atoms with van der Waals surface area (Å²) in [5.41, 5.74) is 0.817. The van der Waals surface area contributed by atoms with Crippen molar-refractivity contribution in [3.05, 3.63) is 69.4 Å². The molecule has 0 saturated carbocycles. The molecule has 34 heavy (non-hydrogen) atoms. The summed E-state index contributed by atoms with van der Waals surface area (Å²) in [4.78, 5) is 25.1. The molecular weight excluding hydrogens is 499 g/mol. The van der Waals surface area contributed by atoms with E-state index in [2.05, 4.69) is 22.9 Å². The van der Waals surface area contributed by atoms with Gasteiger partial charge in [0.1, 0.15) is 12.4 Å². The molecule has 6 heteroatoms. The number of benzene rings is 2. The minimum atomic E-state index is -0.654. The molecule has 0 amide bonds. The molecule has 0 aliphatic rings. The number of carbonyl (C=O) groups is 2. The Bertz CT molecular complexity index is 900. The Morgan fingerprint density at radius 1 is 0.765 bits per heavy atom. The summed E-state index contributed by atoms with van der Waals surface area (Å²) < 4.78 is 24.8. The lowest BCUT2D eigenvalue weighted by Crippen LogP contribution is -2.14. The molecule has 0 saturated heterocycles. The van der Waals surface area contributed by atoms with Crippen molar-refractivity contribution < 1.29 is 23.5 Å². The third-order valence-electron chi connectivity index (χ3n) is 5.71. The Hall–Kier alpha value is -2.21. The molecule has 0 aromatic heterocycles. The van der Waals surface area contributed by atoms with E-state index in [1.54, 1.807) is 24.3 Å². The van der Waals surface area contributed by atoms with E-state index in [4.69, 9.17) is 9.47 Å². The first-order valence-corrected chi connectivity index (χ1v) is 13.2. The maximum atomic E-state index is 13.4. The molecule has 0 aliphatic carbocycles. The van der Waals surface area contributed by atoms with E-state index in [1.807, 2.05) is 0 Å². The molecule has 186 valence electrons. The van der Waals surface area contributed by atoms with Crippen LogP contribution in [0.3, 0.4) is 0 Å². The van der Waals surface area contributed by atoms with Crippen LogP contribution in [0.15, 0.2) is 46.9 Å². The van der Waals surface area contributed by atoms with Crippen molar-refractivity contribution >= 4 is 27.9 Å². The Morgan fingerprint density at radius 3 is 1.88 bits per heavy atom. The van der Waals surface area contributed by atoms with Crippen molar-refractivity contribution in [2.45, 2.75) is 84.2 Å². The van der Waals surface area contributed by atoms with Crippen LogP contribution in [-0.4, -0.2) is 18.5 Å². The molecule has 0 fully saturated rings. The SMILES string of the molecule is CCCCCCCCCCCCCOC(=O)c1ccccc1C(=O)OCc1cc(F)ccc1Br. The topological polar surface area (TPSA) is 52.6 Å². The van der Waals surface area contributed by atoms with E-state index >= 15 is 0 Å². The molecule has 0 bridgehead atoms. The fourth-order valence-electron chi connectivity index (χ4n) is 3.72. The van der Waals surface area contributed by atoms with Gasteiger partial charge in [0.25, 0.3) is 0 Å². The van der Waals surface area contributed by atoms with Crippen LogP contribution >= 0.6 is 15.9 Å². The summed E-state index contributed by atoms with van der Waals surface area (Å²) in [6, 6.07) is 10.6. The molecular formula is C28H36BrFO4. The van der Waals surface area contributed by atoms with Gasteiger partial charge in [0.15, 0.2) is 0 Å². The summed E-state index contributed by atoms with van der Waals surface area (Å²) in [5, 5.41) is 0. The van der Waals surface area contributed by atoms with E-state index < -0.39 is 17.8 Å². The summed E-state index contributed by atoms with van der Waals surface area (Å²) in [5.74, 6) is -1.61. The molecule has 0 N–H and O–H groups in total. The highest BCUT2D eigenvalue weighted by molar-refractivity contribution is 9.10. The Balaban J connectivity index is 1.69. The highest BCUT2D eigenvalue weighted by atomic mass is 79.9. The van der Waals surface area contributed by atoms with E-state index in [9.17, 15) is 14.0 Å². The van der Waals surface area contributed by atoms with Gasteiger partial charge >= 0.3 is 11.9 Å². The molecule has 4 nitrogen and oxygen atoms in total. The van der Waals surface area contributed by atoms with Gasteiger partial charge in [-0.1, -0.05) is 99.2 Å². The van der Waals surface area contributed by atoms with Crippen LogP contribution in [0.4, 0.5) is 4.39 Å². The Kier molecular flexibility index (Phi) is 13.5. The number of hydrogen-bond donors (Lipinski definition) is 0. The first kappa shape index (κ1) is 28.0. The zero-order valence-corrected chi connectivity index (χ0v) is 21.7. The number of ether oxygens (including phenoxy) is 2. The first-order valence-electron chi connectivity index (χ1n) is 12.4. The predicted molar refractivity (Wildman–Crippen MR) is 136 cm³/mol. The molecule has 2 rings (SSSR count). The first-order chi connectivity index (χ1) is 16.5. The van der Waals surface area contributed by atoms with Gasteiger partial charge in [0.2, 0.25) is 0 Å². The number of esters is 2. The average molecular weight is 535 g/mol. The van der Waals surface area contributed by atoms with Crippen LogP contribution in [0, 0.1) is 5.82 Å². The molecule has 0 unspecified atom stereocenters. The van der Waals surface area contributed by atoms with Crippen LogP contribution in [-0.2, 0) is 16.1 Å². The smallest absolute Gasteiger partial charge is 0.339 e. The quantitative estimate of drug-likeness (QED) is 0.160. The fourth-order valence-corrected chi connectivity index (χ4v) is 4.08. The van der Waals surface area contributed by atoms with Crippen molar-refractivity contribution in [3.8, 4) is 0 Å². The zero-order chi connectivity index (χ0) is 24.6. The van der Waals surface area contributed by atoms with Crippen molar-refractivity contribution in [3.63, 3.8) is 0 Å². The Labute approximate surface area is 211 Å². The molecule has 0 atom stereocenters. The summed E-state index contributed by atoms with van der Waals surface area (Å²) in [6.45, 7) is 2.45. The van der Waals surface area contributed by atoms with Crippen LogP contribution in [0.1, 0.15) is 104 Å². The second-order valence-corrected chi connectivity index (χ2v) is 9.38. The minimum absolute atomic E-state index is 0.112. The van der Waals surface area contributed by atoms with Gasteiger partial charge in [-0.2, -0.15) is 0 Å². The molecule has 2 aromatic rings. The summed E-state index contributed by atoms with van der Waals surface area (Å²) >= 11 is 3.31. The predicted octanol–water partition coefficient (Wildman–Crippen LogP) is 8.41. The third-order valence-corrected chi connectivity index (χ3v) is 6.49. The number of hydrogen-bond acceptors (Lipinski definition) is 4. The third kappa shape index (κ3) is 10.4. The largest absolute Gasteiger partial charge is 0.462 e. The molecule has 2 aromatic carbocycles. The van der Waals surface area contributed by atoms with E-state index in [1.165, 1.54) is 69.6 Å². The van der Waals surface area contributed by atoms with Crippen LogP contribution in [0.5, 0.6) is 0 Å². The Morgan fingerprint density at radius 2 is 1.29 bits per heavy atom. The van der Waals surface area contributed by atoms with Gasteiger partial charge in [-0.25, -0.2) is 14.0 Å². The van der Waals surface area contributed by atoms with Gasteiger partial charge in [-0.3, -0.25) is 0 Å². The molecule has 0 aliphatic heterocycles. The van der Waals surface area contributed by atoms with Crippen LogP contribution in [0.25, 0.3) is 0 Å². The number of carbonyl (C=O) groups excluding carboxylic acids is 2. The van der Waals surface area contributed by atoms with Crippen molar-refractivity contribution in [2.24, 2.45) is 0 Å². The monoisotopic (exact) mass is 534 g/mol. The number of unbranched alkanes of at least 4 members (excludes halogenated alkanes) is 10. The lowest BCUT2D eigenvalue weighted by atomic mass is 10.1. The van der Waals surface area contributed by atoms with Crippen LogP contribution < -0.4 is 0 Å². The minimum Gasteiger partial charge on any atom is -0.462 e. The van der Waals surface area contributed by atoms with Gasteiger partial charge < -0.3 is 9.47 Å². The van der Waals surface area contributed by atoms with Gasteiger partial charge in [0.05, 0.1) is 17.7 Å². The van der Waals surface area contributed by atoms with Gasteiger partial charge in [-0.05, 0) is 36.8 Å². The summed E-state index contributed by atoms with van der Waals surface area (Å²) in [6.07, 6.45) is 13.4. The fraction of sp³-hybridized carbons (Fsp3) is 0.500. The maximum Gasteiger partial charge on any atom is 0.339 e. The van der Waals surface area contributed by atoms with E-state index in [0.717, 1.165) is 19.3 Å². The zero-order valence-electron chi connectivity index (χ0n) is 20.1. The number of halogens is 2. The van der Waals surface area contributed by atoms with Crippen molar-refractivity contribution in [2.75, 3.05) is 6.61 Å². The lowest BCUT2D eigenvalue weighted by Gasteiger charge is -2.11. The van der Waals surface area contributed by atoms with Crippen molar-refractivity contribution in [1.29, 1.82) is 0 Å². The standard InChI is InChI=1S/C28H36BrFO4/c1-2-3-4-5-6-7-8-9-10-11-14-19-33-27(31)24-15-12-13-16-25(24)28(32)34-21-22-20-23(30)17-18-26(22)29/h12-13,15-18,20H,2-11,14,19,21H2,1H3. The van der Waals surface area contributed by atoms with Crippen LogP contribution in [0.2, 0.25) is 0 Å². The van der Waals surface area contributed by atoms with E-state index in [0.29, 0.717) is 16.6 Å². The lowest BCUT2D eigenvalue weighted by molar-refractivity contribution is 0.0435. The normalized spacial score (nSPS) is 10.8. The average Bonchev–Trinajstić information content (AvgIpc) is 2.85. The highest BCUT2D eigenvalue weighted by Crippen LogP contribution is 2.20. The summed E-state index contributed by atoms with van der Waals surface area (Å²) in [7, 11) is 0. The maximum absolute atomic E-state index is 13.4. The molecule has 0 radical (unpaired) electrons. The second-order valence-electron chi connectivity index (χ2n) is 8.53. The van der Waals surface area contributed by atoms with Gasteiger partial charge in [-0.15, -0.1) is 0 Å². The van der Waals surface area contributed by atoms with Gasteiger partial charge in [0, 0.05) is 10.0 Å². The molecule has 0 heterocycles. The molecule has 0 spiro atoms. The van der Waals surface area contributed by atoms with Crippen molar-refractivity contribution in [1.82, 2.24) is 0 Å².